The van der Waals surface area contributed by atoms with Gasteiger partial charge in [0.2, 0.25) is 5.89 Å². The Morgan fingerprint density at radius 3 is 2.69 bits per heavy atom. The van der Waals surface area contributed by atoms with Crippen LogP contribution in [0.15, 0.2) is 4.52 Å². The summed E-state index contributed by atoms with van der Waals surface area (Å²) in [4.78, 5) is 4.44. The minimum absolute atomic E-state index is 0. The highest BCUT2D eigenvalue weighted by molar-refractivity contribution is 5.85. The van der Waals surface area contributed by atoms with E-state index in [2.05, 4.69) is 29.3 Å². The molecule has 1 aliphatic rings. The molecule has 1 saturated carbocycles. The maximum absolute atomic E-state index is 5.28. The van der Waals surface area contributed by atoms with Crippen LogP contribution >= 0.6 is 12.4 Å². The fraction of sp³-hybridized carbons (Fsp3) is 0.818. The summed E-state index contributed by atoms with van der Waals surface area (Å²) in [6.45, 7) is 4.29. The lowest BCUT2D eigenvalue weighted by Crippen LogP contribution is -2.24. The van der Waals surface area contributed by atoms with Crippen molar-refractivity contribution in [2.45, 2.75) is 45.1 Å². The third-order valence-corrected chi connectivity index (χ3v) is 3.18. The van der Waals surface area contributed by atoms with Crippen molar-refractivity contribution in [1.82, 2.24) is 15.5 Å². The number of aromatic nitrogens is 2. The van der Waals surface area contributed by atoms with Crippen LogP contribution in [0.25, 0.3) is 0 Å². The molecular formula is C11H20ClN3O. The molecular weight excluding hydrogens is 226 g/mol. The van der Waals surface area contributed by atoms with E-state index in [1.165, 1.54) is 12.8 Å². The predicted molar refractivity (Wildman–Crippen MR) is 64.9 cm³/mol. The molecule has 2 atom stereocenters. The van der Waals surface area contributed by atoms with E-state index < -0.39 is 0 Å². The van der Waals surface area contributed by atoms with Gasteiger partial charge < -0.3 is 9.84 Å². The average Bonchev–Trinajstić information content (AvgIpc) is 2.98. The normalized spacial score (nSPS) is 18.9. The van der Waals surface area contributed by atoms with E-state index in [0.717, 1.165) is 24.1 Å². The Bertz CT molecular complexity index is 325. The van der Waals surface area contributed by atoms with E-state index in [1.807, 2.05) is 7.05 Å². The summed E-state index contributed by atoms with van der Waals surface area (Å²) in [5.41, 5.74) is 0. The molecule has 0 spiro atoms. The summed E-state index contributed by atoms with van der Waals surface area (Å²) < 4.78 is 5.28. The van der Waals surface area contributed by atoms with Gasteiger partial charge in [-0.3, -0.25) is 0 Å². The Labute approximate surface area is 103 Å². The number of nitrogens with zero attached hydrogens (tertiary/aromatic N) is 2. The number of rotatable bonds is 5. The first kappa shape index (κ1) is 13.5. The number of halogens is 1. The first-order valence-corrected chi connectivity index (χ1v) is 5.70. The van der Waals surface area contributed by atoms with Gasteiger partial charge in [-0.25, -0.2) is 0 Å². The topological polar surface area (TPSA) is 51.0 Å². The summed E-state index contributed by atoms with van der Waals surface area (Å²) in [6.07, 6.45) is 3.45. The lowest BCUT2D eigenvalue weighted by atomic mass is 10.1. The van der Waals surface area contributed by atoms with Gasteiger partial charge in [0, 0.05) is 18.4 Å². The van der Waals surface area contributed by atoms with E-state index in [1.54, 1.807) is 0 Å². The Balaban J connectivity index is 0.00000128. The molecule has 0 bridgehead atoms. The van der Waals surface area contributed by atoms with Gasteiger partial charge in [0.1, 0.15) is 0 Å². The third-order valence-electron chi connectivity index (χ3n) is 3.18. The van der Waals surface area contributed by atoms with Crippen molar-refractivity contribution >= 4 is 12.4 Å². The first-order chi connectivity index (χ1) is 7.20. The fourth-order valence-corrected chi connectivity index (χ4v) is 1.71. The van der Waals surface area contributed by atoms with Crippen LogP contribution in [0.4, 0.5) is 0 Å². The van der Waals surface area contributed by atoms with E-state index in [9.17, 15) is 0 Å². The second-order valence-electron chi connectivity index (χ2n) is 4.57. The van der Waals surface area contributed by atoms with Gasteiger partial charge in [-0.05, 0) is 32.7 Å². The first-order valence-electron chi connectivity index (χ1n) is 5.70. The smallest absolute Gasteiger partial charge is 0.229 e. The molecule has 16 heavy (non-hydrogen) atoms. The molecule has 92 valence electrons. The lowest BCUT2D eigenvalue weighted by Gasteiger charge is -2.05. The van der Waals surface area contributed by atoms with Crippen molar-refractivity contribution in [2.75, 3.05) is 7.05 Å². The molecule has 0 aromatic carbocycles. The van der Waals surface area contributed by atoms with Crippen LogP contribution in [0.2, 0.25) is 0 Å². The number of hydrogen-bond acceptors (Lipinski definition) is 4. The predicted octanol–water partition coefficient (Wildman–Crippen LogP) is 2.16. The highest BCUT2D eigenvalue weighted by Crippen LogP contribution is 2.41. The van der Waals surface area contributed by atoms with Gasteiger partial charge in [0.15, 0.2) is 5.82 Å². The summed E-state index contributed by atoms with van der Waals surface area (Å²) in [5.74, 6) is 2.85. The van der Waals surface area contributed by atoms with Crippen molar-refractivity contribution in [3.05, 3.63) is 11.7 Å². The number of nitrogens with one attached hydrogen (secondary N) is 1. The van der Waals surface area contributed by atoms with Crippen LogP contribution in [0, 0.1) is 5.92 Å². The number of hydrogen-bond donors (Lipinski definition) is 1. The van der Waals surface area contributed by atoms with Gasteiger partial charge in [-0.15, -0.1) is 12.4 Å². The van der Waals surface area contributed by atoms with Gasteiger partial charge in [-0.2, -0.15) is 4.98 Å². The summed E-state index contributed by atoms with van der Waals surface area (Å²) in [7, 11) is 1.94. The molecule has 1 N–H and O–H groups in total. The van der Waals surface area contributed by atoms with Crippen molar-refractivity contribution in [2.24, 2.45) is 5.92 Å². The van der Waals surface area contributed by atoms with E-state index in [-0.39, 0.29) is 12.4 Å². The zero-order chi connectivity index (χ0) is 10.8. The maximum atomic E-state index is 5.28. The third kappa shape index (κ3) is 3.19. The van der Waals surface area contributed by atoms with Gasteiger partial charge in [0.05, 0.1) is 0 Å². The SMILES string of the molecule is CNC(C)Cc1noc(C(C)C2CC2)n1.Cl. The molecule has 1 aliphatic carbocycles. The van der Waals surface area contributed by atoms with Crippen LogP contribution in [0.5, 0.6) is 0 Å². The lowest BCUT2D eigenvalue weighted by molar-refractivity contribution is 0.344. The van der Waals surface area contributed by atoms with Crippen LogP contribution in [-0.2, 0) is 6.42 Å². The molecule has 0 amide bonds. The Morgan fingerprint density at radius 1 is 1.44 bits per heavy atom. The van der Waals surface area contributed by atoms with E-state index >= 15 is 0 Å². The van der Waals surface area contributed by atoms with Crippen LogP contribution in [0.1, 0.15) is 44.3 Å². The van der Waals surface area contributed by atoms with E-state index in [0.29, 0.717) is 12.0 Å². The van der Waals surface area contributed by atoms with Crippen LogP contribution < -0.4 is 5.32 Å². The van der Waals surface area contributed by atoms with Crippen LogP contribution in [-0.4, -0.2) is 23.2 Å². The molecule has 0 radical (unpaired) electrons. The molecule has 2 unspecified atom stereocenters. The molecule has 4 nitrogen and oxygen atoms in total. The van der Waals surface area contributed by atoms with Crippen molar-refractivity contribution < 1.29 is 4.52 Å². The molecule has 2 rings (SSSR count). The molecule has 1 fully saturated rings. The van der Waals surface area contributed by atoms with Gasteiger partial charge >= 0.3 is 0 Å². The second-order valence-corrected chi connectivity index (χ2v) is 4.57. The Kier molecular flexibility index (Phi) is 4.74. The fourth-order valence-electron chi connectivity index (χ4n) is 1.71. The molecule has 0 aliphatic heterocycles. The average molecular weight is 246 g/mol. The minimum atomic E-state index is 0. The number of likely N-dealkylation sites (N-methyl/N-ethyl adjacent to an activating group) is 1. The highest BCUT2D eigenvalue weighted by atomic mass is 35.5. The molecule has 5 heteroatoms. The van der Waals surface area contributed by atoms with Crippen molar-refractivity contribution in [1.29, 1.82) is 0 Å². The summed E-state index contributed by atoms with van der Waals surface area (Å²) in [6, 6.07) is 0.395. The molecule has 0 saturated heterocycles. The Morgan fingerprint density at radius 2 is 2.12 bits per heavy atom. The van der Waals surface area contributed by atoms with Gasteiger partial charge in [-0.1, -0.05) is 12.1 Å². The van der Waals surface area contributed by atoms with Crippen LogP contribution in [0.3, 0.4) is 0 Å². The zero-order valence-corrected chi connectivity index (χ0v) is 10.9. The molecule has 1 aromatic rings. The zero-order valence-electron chi connectivity index (χ0n) is 10.1. The quantitative estimate of drug-likeness (QED) is 0.864. The highest BCUT2D eigenvalue weighted by Gasteiger charge is 2.32. The molecule has 1 heterocycles. The van der Waals surface area contributed by atoms with Crippen molar-refractivity contribution in [3.63, 3.8) is 0 Å². The summed E-state index contributed by atoms with van der Waals surface area (Å²) in [5, 5.41) is 7.17. The summed E-state index contributed by atoms with van der Waals surface area (Å²) >= 11 is 0. The molecule has 1 aromatic heterocycles. The van der Waals surface area contributed by atoms with Crippen molar-refractivity contribution in [3.8, 4) is 0 Å². The Hall–Kier alpha value is -0.610. The monoisotopic (exact) mass is 245 g/mol. The minimum Gasteiger partial charge on any atom is -0.339 e. The largest absolute Gasteiger partial charge is 0.339 e. The standard InChI is InChI=1S/C11H19N3O.ClH/c1-7(12-3)6-10-13-11(15-14-10)8(2)9-4-5-9;/h7-9,12H,4-6H2,1-3H3;1H. The maximum Gasteiger partial charge on any atom is 0.229 e. The second kappa shape index (κ2) is 5.64. The van der Waals surface area contributed by atoms with E-state index in [4.69, 9.17) is 4.52 Å². The van der Waals surface area contributed by atoms with Gasteiger partial charge in [0.25, 0.3) is 0 Å².